The number of alkyl carbamates (subject to hydrolysis) is 1. The number of nitrogens with one attached hydrogen (secondary N) is 1. The van der Waals surface area contributed by atoms with E-state index in [9.17, 15) is 18.1 Å². The lowest BCUT2D eigenvalue weighted by molar-refractivity contribution is 0.0553. The summed E-state index contributed by atoms with van der Waals surface area (Å²) in [4.78, 5) is 11.8. The second-order valence-electron chi connectivity index (χ2n) is 4.53. The summed E-state index contributed by atoms with van der Waals surface area (Å²) in [6.45, 7) is 2.41. The van der Waals surface area contributed by atoms with E-state index < -0.39 is 24.9 Å². The Hall–Kier alpha value is -1.21. The monoisotopic (exact) mass is 385 g/mol. The van der Waals surface area contributed by atoms with Gasteiger partial charge in [0.15, 0.2) is 0 Å². The van der Waals surface area contributed by atoms with Crippen molar-refractivity contribution in [3.8, 4) is 0 Å². The van der Waals surface area contributed by atoms with Crippen LogP contribution in [0.1, 0.15) is 19.4 Å². The predicted molar refractivity (Wildman–Crippen MR) is 85.2 cm³/mol. The Morgan fingerprint density at radius 3 is 2.25 bits per heavy atom. The van der Waals surface area contributed by atoms with Crippen molar-refractivity contribution in [2.45, 2.75) is 31.6 Å². The van der Waals surface area contributed by atoms with Gasteiger partial charge >= 0.3 is 19.1 Å². The van der Waals surface area contributed by atoms with E-state index >= 15 is 0 Å². The highest BCUT2D eigenvalue weighted by atomic mass is 35.5. The maximum atomic E-state index is 13.6. The number of ether oxygens (including phenoxy) is 1. The predicted octanol–water partition coefficient (Wildman–Crippen LogP) is 4.34. The van der Waals surface area contributed by atoms with Crippen molar-refractivity contribution in [1.29, 1.82) is 0 Å². The molecule has 0 spiro atoms. The van der Waals surface area contributed by atoms with E-state index in [-0.39, 0.29) is 19.8 Å². The van der Waals surface area contributed by atoms with Crippen LogP contribution in [0.3, 0.4) is 0 Å². The molecule has 1 unspecified atom stereocenters. The molecular formula is C14H19ClF2NO5P. The smallest absolute Gasteiger partial charge is 0.408 e. The van der Waals surface area contributed by atoms with Gasteiger partial charge in [0.05, 0.1) is 13.2 Å². The molecule has 0 saturated carbocycles. The summed E-state index contributed by atoms with van der Waals surface area (Å²) in [5.74, 6) is -2.38. The first kappa shape index (κ1) is 20.8. The number of alkyl halides is 3. The summed E-state index contributed by atoms with van der Waals surface area (Å²) in [6.07, 6.45) is -1.22. The molecule has 0 bridgehead atoms. The number of carbonyl (C=O) groups excluding carboxylic acids is 1. The molecule has 0 aromatic heterocycles. The molecule has 0 heterocycles. The molecule has 0 saturated heterocycles. The molecule has 0 aliphatic carbocycles. The van der Waals surface area contributed by atoms with Gasteiger partial charge in [0.25, 0.3) is 0 Å². The largest absolute Gasteiger partial charge is 0.445 e. The maximum absolute atomic E-state index is 13.6. The third-order valence-electron chi connectivity index (χ3n) is 2.71. The van der Waals surface area contributed by atoms with Crippen molar-refractivity contribution in [3.63, 3.8) is 0 Å². The Balaban J connectivity index is 2.82. The SMILES string of the molecule is CCOP(=O)(OCC)C(NC(=O)OCc1ccccc1)C(F)(F)Cl. The van der Waals surface area contributed by atoms with Crippen molar-refractivity contribution >= 4 is 25.3 Å². The minimum atomic E-state index is -4.39. The molecule has 1 atom stereocenters. The topological polar surface area (TPSA) is 73.9 Å². The highest BCUT2D eigenvalue weighted by molar-refractivity contribution is 7.54. The molecule has 1 amide bonds. The van der Waals surface area contributed by atoms with E-state index in [4.69, 9.17) is 25.4 Å². The average Bonchev–Trinajstić information content (AvgIpc) is 2.51. The van der Waals surface area contributed by atoms with Gasteiger partial charge in [0.2, 0.25) is 5.78 Å². The highest BCUT2D eigenvalue weighted by Gasteiger charge is 2.53. The number of hydrogen-bond acceptors (Lipinski definition) is 5. The minimum absolute atomic E-state index is 0.152. The molecule has 1 N–H and O–H groups in total. The average molecular weight is 386 g/mol. The Kier molecular flexibility index (Phi) is 8.09. The first-order valence-electron chi connectivity index (χ1n) is 7.15. The van der Waals surface area contributed by atoms with Gasteiger partial charge in [-0.05, 0) is 31.0 Å². The van der Waals surface area contributed by atoms with Crippen LogP contribution in [0.25, 0.3) is 0 Å². The van der Waals surface area contributed by atoms with Crippen molar-refractivity contribution in [3.05, 3.63) is 35.9 Å². The summed E-state index contributed by atoms with van der Waals surface area (Å²) in [5.41, 5.74) is 0.652. The van der Waals surface area contributed by atoms with Crippen LogP contribution >= 0.6 is 19.2 Å². The molecule has 0 radical (unpaired) electrons. The molecule has 0 aliphatic heterocycles. The fourth-order valence-electron chi connectivity index (χ4n) is 1.76. The maximum Gasteiger partial charge on any atom is 0.408 e. The lowest BCUT2D eigenvalue weighted by atomic mass is 10.2. The Morgan fingerprint density at radius 2 is 1.79 bits per heavy atom. The second-order valence-corrected chi connectivity index (χ2v) is 7.14. The standard InChI is InChI=1S/C14H19ClF2NO5P/c1-3-22-24(20,23-4-2)12(14(15,16)17)18-13(19)21-10-11-8-6-5-7-9-11/h5-9,12H,3-4,10H2,1-2H3,(H,18,19). The van der Waals surface area contributed by atoms with Crippen molar-refractivity contribution in [1.82, 2.24) is 5.32 Å². The lowest BCUT2D eigenvalue weighted by Gasteiger charge is -2.29. The first-order valence-corrected chi connectivity index (χ1v) is 9.14. The zero-order chi connectivity index (χ0) is 18.2. The van der Waals surface area contributed by atoms with Crippen molar-refractivity contribution in [2.24, 2.45) is 0 Å². The summed E-state index contributed by atoms with van der Waals surface area (Å²) in [7, 11) is -4.39. The first-order chi connectivity index (χ1) is 11.2. The van der Waals surface area contributed by atoms with Crippen LogP contribution < -0.4 is 5.32 Å². The molecule has 1 aromatic carbocycles. The van der Waals surface area contributed by atoms with Gasteiger partial charge in [0, 0.05) is 0 Å². The van der Waals surface area contributed by atoms with Crippen LogP contribution in [0.15, 0.2) is 30.3 Å². The van der Waals surface area contributed by atoms with E-state index in [2.05, 4.69) is 0 Å². The van der Waals surface area contributed by atoms with Gasteiger partial charge in [-0.2, -0.15) is 8.78 Å². The third kappa shape index (κ3) is 6.36. The molecule has 0 aliphatic rings. The normalized spacial score (nSPS) is 13.4. The number of benzene rings is 1. The third-order valence-corrected chi connectivity index (χ3v) is 5.40. The Morgan fingerprint density at radius 1 is 1.25 bits per heavy atom. The number of amides is 1. The molecule has 0 fully saturated rings. The van der Waals surface area contributed by atoms with Crippen LogP contribution in [0, 0.1) is 0 Å². The fourth-order valence-corrected chi connectivity index (χ4v) is 3.89. The van der Waals surface area contributed by atoms with Gasteiger partial charge in [-0.1, -0.05) is 30.3 Å². The van der Waals surface area contributed by atoms with Crippen molar-refractivity contribution in [2.75, 3.05) is 13.2 Å². The minimum Gasteiger partial charge on any atom is -0.445 e. The van der Waals surface area contributed by atoms with Crippen LogP contribution in [-0.4, -0.2) is 30.5 Å². The molecular weight excluding hydrogens is 367 g/mol. The molecule has 136 valence electrons. The summed E-state index contributed by atoms with van der Waals surface area (Å²) >= 11 is 4.98. The summed E-state index contributed by atoms with van der Waals surface area (Å²) in [6, 6.07) is 8.60. The number of hydrogen-bond donors (Lipinski definition) is 1. The number of carbonyl (C=O) groups is 1. The van der Waals surface area contributed by atoms with E-state index in [0.29, 0.717) is 5.56 Å². The van der Waals surface area contributed by atoms with Crippen LogP contribution in [0.5, 0.6) is 0 Å². The Labute approximate surface area is 144 Å². The van der Waals surface area contributed by atoms with Gasteiger partial charge in [0.1, 0.15) is 6.61 Å². The summed E-state index contributed by atoms with van der Waals surface area (Å²) < 4.78 is 54.2. The van der Waals surface area contributed by atoms with Crippen LogP contribution in [0.4, 0.5) is 13.6 Å². The van der Waals surface area contributed by atoms with E-state index in [1.807, 2.05) is 0 Å². The molecule has 24 heavy (non-hydrogen) atoms. The van der Waals surface area contributed by atoms with E-state index in [0.717, 1.165) is 0 Å². The molecule has 6 nitrogen and oxygen atoms in total. The zero-order valence-corrected chi connectivity index (χ0v) is 14.9. The van der Waals surface area contributed by atoms with Gasteiger partial charge in [-0.15, -0.1) is 0 Å². The van der Waals surface area contributed by atoms with E-state index in [1.54, 1.807) is 35.6 Å². The molecule has 10 heteroatoms. The van der Waals surface area contributed by atoms with Crippen LogP contribution in [-0.2, 0) is 25.0 Å². The fraction of sp³-hybridized carbons (Fsp3) is 0.500. The van der Waals surface area contributed by atoms with E-state index in [1.165, 1.54) is 13.8 Å². The van der Waals surface area contributed by atoms with Crippen molar-refractivity contribution < 1.29 is 31.9 Å². The lowest BCUT2D eigenvalue weighted by Crippen LogP contribution is -2.45. The zero-order valence-electron chi connectivity index (χ0n) is 13.2. The molecule has 1 rings (SSSR count). The highest BCUT2D eigenvalue weighted by Crippen LogP contribution is 2.57. The number of halogens is 3. The summed E-state index contributed by atoms with van der Waals surface area (Å²) in [5, 5.41) is -2.28. The van der Waals surface area contributed by atoms with Gasteiger partial charge < -0.3 is 19.1 Å². The second kappa shape index (κ2) is 9.32. The van der Waals surface area contributed by atoms with Crippen LogP contribution in [0.2, 0.25) is 0 Å². The Bertz CT molecular complexity index is 560. The molecule has 1 aromatic rings. The van der Waals surface area contributed by atoms with Gasteiger partial charge in [-0.25, -0.2) is 4.79 Å². The quantitative estimate of drug-likeness (QED) is 0.505. The van der Waals surface area contributed by atoms with Gasteiger partial charge in [-0.3, -0.25) is 4.57 Å². The number of rotatable bonds is 9.